The average Bonchev–Trinajstić information content (AvgIpc) is 2.45. The van der Waals surface area contributed by atoms with Crippen molar-refractivity contribution in [1.29, 1.82) is 0 Å². The molecule has 0 aliphatic carbocycles. The van der Waals surface area contributed by atoms with Gasteiger partial charge in [0.15, 0.2) is 11.6 Å². The highest BCUT2D eigenvalue weighted by atomic mass is 35.5. The van der Waals surface area contributed by atoms with Gasteiger partial charge in [-0.25, -0.2) is 8.78 Å². The Balaban J connectivity index is 2.24. The zero-order chi connectivity index (χ0) is 15.6. The standard InChI is InChI=1S/C15H13ClF2N2O/c1-20(13-8-10(16)5-6-12(13)19)14(21)7-9-3-2-4-11(17)15(9)18/h2-6,8H,7,19H2,1H3. The lowest BCUT2D eigenvalue weighted by Crippen LogP contribution is -2.29. The van der Waals surface area contributed by atoms with Gasteiger partial charge in [-0.1, -0.05) is 23.7 Å². The van der Waals surface area contributed by atoms with Gasteiger partial charge in [0.05, 0.1) is 17.8 Å². The fraction of sp³-hybridized carbons (Fsp3) is 0.133. The van der Waals surface area contributed by atoms with Gasteiger partial charge in [-0.15, -0.1) is 0 Å². The highest BCUT2D eigenvalue weighted by Crippen LogP contribution is 2.26. The third kappa shape index (κ3) is 3.31. The minimum Gasteiger partial charge on any atom is -0.397 e. The van der Waals surface area contributed by atoms with Crippen LogP contribution in [-0.2, 0) is 11.2 Å². The van der Waals surface area contributed by atoms with Gasteiger partial charge in [0.25, 0.3) is 0 Å². The Morgan fingerprint density at radius 1 is 1.29 bits per heavy atom. The SMILES string of the molecule is CN(C(=O)Cc1cccc(F)c1F)c1cc(Cl)ccc1N. The van der Waals surface area contributed by atoms with Crippen LogP contribution in [0.3, 0.4) is 0 Å². The van der Waals surface area contributed by atoms with E-state index in [0.29, 0.717) is 16.4 Å². The molecule has 2 aromatic rings. The maximum Gasteiger partial charge on any atom is 0.231 e. The second-order valence-corrected chi connectivity index (χ2v) is 4.98. The van der Waals surface area contributed by atoms with Crippen molar-refractivity contribution in [3.05, 3.63) is 58.6 Å². The minimum absolute atomic E-state index is 0.00699. The van der Waals surface area contributed by atoms with Crippen molar-refractivity contribution in [3.63, 3.8) is 0 Å². The smallest absolute Gasteiger partial charge is 0.231 e. The van der Waals surface area contributed by atoms with E-state index < -0.39 is 17.5 Å². The van der Waals surface area contributed by atoms with Crippen LogP contribution in [0.1, 0.15) is 5.56 Å². The molecule has 0 radical (unpaired) electrons. The molecule has 1 amide bonds. The first-order valence-corrected chi connectivity index (χ1v) is 6.52. The number of halogens is 3. The van der Waals surface area contributed by atoms with Crippen molar-refractivity contribution in [2.24, 2.45) is 0 Å². The Hall–Kier alpha value is -2.14. The van der Waals surface area contributed by atoms with Gasteiger partial charge >= 0.3 is 0 Å². The van der Waals surface area contributed by atoms with Crippen LogP contribution in [0.2, 0.25) is 5.02 Å². The summed E-state index contributed by atoms with van der Waals surface area (Å²) in [6.07, 6.45) is -0.272. The zero-order valence-electron chi connectivity index (χ0n) is 11.2. The largest absolute Gasteiger partial charge is 0.397 e. The normalized spacial score (nSPS) is 10.5. The molecule has 3 nitrogen and oxygen atoms in total. The lowest BCUT2D eigenvalue weighted by Gasteiger charge is -2.19. The molecular formula is C15H13ClF2N2O. The summed E-state index contributed by atoms with van der Waals surface area (Å²) < 4.78 is 26.7. The van der Waals surface area contributed by atoms with Gasteiger partial charge < -0.3 is 10.6 Å². The van der Waals surface area contributed by atoms with Crippen LogP contribution in [-0.4, -0.2) is 13.0 Å². The van der Waals surface area contributed by atoms with Gasteiger partial charge in [0.2, 0.25) is 5.91 Å². The molecule has 0 spiro atoms. The van der Waals surface area contributed by atoms with Gasteiger partial charge in [0.1, 0.15) is 0 Å². The van der Waals surface area contributed by atoms with Crippen LogP contribution in [0.4, 0.5) is 20.2 Å². The molecule has 0 unspecified atom stereocenters. The summed E-state index contributed by atoms with van der Waals surface area (Å²) >= 11 is 5.87. The molecule has 0 fully saturated rings. The maximum atomic E-state index is 13.6. The van der Waals surface area contributed by atoms with Crippen LogP contribution >= 0.6 is 11.6 Å². The van der Waals surface area contributed by atoms with Crippen molar-refractivity contribution >= 4 is 28.9 Å². The Kier molecular flexibility index (Phi) is 4.43. The van der Waals surface area contributed by atoms with Crippen LogP contribution in [0.15, 0.2) is 36.4 Å². The number of benzene rings is 2. The predicted octanol–water partition coefficient (Wildman–Crippen LogP) is 3.41. The van der Waals surface area contributed by atoms with E-state index in [1.807, 2.05) is 0 Å². The fourth-order valence-electron chi connectivity index (χ4n) is 1.91. The topological polar surface area (TPSA) is 46.3 Å². The number of amides is 1. The number of hydrogen-bond donors (Lipinski definition) is 1. The molecule has 0 saturated carbocycles. The van der Waals surface area contributed by atoms with Crippen molar-refractivity contribution in [2.45, 2.75) is 6.42 Å². The number of nitrogens with zero attached hydrogens (tertiary/aromatic N) is 1. The predicted molar refractivity (Wildman–Crippen MR) is 79.3 cm³/mol. The molecule has 0 heterocycles. The minimum atomic E-state index is -1.02. The number of carbonyl (C=O) groups excluding carboxylic acids is 1. The number of nitrogens with two attached hydrogens (primary N) is 1. The quantitative estimate of drug-likeness (QED) is 0.883. The molecule has 0 aliphatic heterocycles. The number of likely N-dealkylation sites (N-methyl/N-ethyl adjacent to an activating group) is 1. The second-order valence-electron chi connectivity index (χ2n) is 4.55. The Labute approximate surface area is 125 Å². The molecule has 0 saturated heterocycles. The molecular weight excluding hydrogens is 298 g/mol. The number of rotatable bonds is 3. The Bertz CT molecular complexity index is 691. The Morgan fingerprint density at radius 2 is 2.00 bits per heavy atom. The first-order chi connectivity index (χ1) is 9.90. The van der Waals surface area contributed by atoms with Crippen LogP contribution in [0.25, 0.3) is 0 Å². The first kappa shape index (κ1) is 15.3. The number of anilines is 2. The highest BCUT2D eigenvalue weighted by Gasteiger charge is 2.17. The third-order valence-corrected chi connectivity index (χ3v) is 3.34. The third-order valence-electron chi connectivity index (χ3n) is 3.10. The van der Waals surface area contributed by atoms with Gasteiger partial charge in [0, 0.05) is 17.6 Å². The van der Waals surface area contributed by atoms with E-state index in [1.165, 1.54) is 30.1 Å². The lowest BCUT2D eigenvalue weighted by atomic mass is 10.1. The van der Waals surface area contributed by atoms with E-state index >= 15 is 0 Å². The molecule has 2 N–H and O–H groups in total. The van der Waals surface area contributed by atoms with E-state index in [2.05, 4.69) is 0 Å². The zero-order valence-corrected chi connectivity index (χ0v) is 12.0. The van der Waals surface area contributed by atoms with Gasteiger partial charge in [-0.3, -0.25) is 4.79 Å². The van der Waals surface area contributed by atoms with Crippen LogP contribution in [0, 0.1) is 11.6 Å². The summed E-state index contributed by atoms with van der Waals surface area (Å²) in [4.78, 5) is 13.4. The number of nitrogen functional groups attached to an aromatic ring is 1. The monoisotopic (exact) mass is 310 g/mol. The van der Waals surface area contributed by atoms with Gasteiger partial charge in [-0.2, -0.15) is 0 Å². The second kappa shape index (κ2) is 6.10. The fourth-order valence-corrected chi connectivity index (χ4v) is 2.07. The maximum absolute atomic E-state index is 13.6. The summed E-state index contributed by atoms with van der Waals surface area (Å²) in [6.45, 7) is 0. The molecule has 2 rings (SSSR count). The molecule has 0 atom stereocenters. The van der Waals surface area contributed by atoms with Crippen LogP contribution in [0.5, 0.6) is 0 Å². The lowest BCUT2D eigenvalue weighted by molar-refractivity contribution is -0.117. The van der Waals surface area contributed by atoms with Gasteiger partial charge in [-0.05, 0) is 24.3 Å². The number of carbonyl (C=O) groups is 1. The summed E-state index contributed by atoms with van der Waals surface area (Å²) in [5.41, 5.74) is 6.57. The van der Waals surface area contributed by atoms with Crippen molar-refractivity contribution in [1.82, 2.24) is 0 Å². The first-order valence-electron chi connectivity index (χ1n) is 6.14. The van der Waals surface area contributed by atoms with E-state index in [0.717, 1.165) is 6.07 Å². The molecule has 0 aliphatic rings. The van der Waals surface area contributed by atoms with Crippen LogP contribution < -0.4 is 10.6 Å². The molecule has 21 heavy (non-hydrogen) atoms. The summed E-state index contributed by atoms with van der Waals surface area (Å²) in [7, 11) is 1.50. The average molecular weight is 311 g/mol. The van der Waals surface area contributed by atoms with E-state index in [9.17, 15) is 13.6 Å². The number of hydrogen-bond acceptors (Lipinski definition) is 2. The molecule has 0 bridgehead atoms. The summed E-state index contributed by atoms with van der Waals surface area (Å²) in [5, 5.41) is 0.427. The van der Waals surface area contributed by atoms with Crippen molar-refractivity contribution in [2.75, 3.05) is 17.7 Å². The molecule has 110 valence electrons. The molecule has 0 aromatic heterocycles. The van der Waals surface area contributed by atoms with Crippen molar-refractivity contribution in [3.8, 4) is 0 Å². The van der Waals surface area contributed by atoms with E-state index in [-0.39, 0.29) is 12.0 Å². The Morgan fingerprint density at radius 3 is 2.71 bits per heavy atom. The highest BCUT2D eigenvalue weighted by molar-refractivity contribution is 6.31. The van der Waals surface area contributed by atoms with E-state index in [1.54, 1.807) is 12.1 Å². The van der Waals surface area contributed by atoms with Crippen molar-refractivity contribution < 1.29 is 13.6 Å². The summed E-state index contributed by atoms with van der Waals surface area (Å²) in [5.74, 6) is -2.42. The molecule has 2 aromatic carbocycles. The molecule has 6 heteroatoms. The summed E-state index contributed by atoms with van der Waals surface area (Å²) in [6, 6.07) is 8.44. The van der Waals surface area contributed by atoms with E-state index in [4.69, 9.17) is 17.3 Å².